The van der Waals surface area contributed by atoms with Gasteiger partial charge in [0, 0.05) is 24.1 Å². The predicted octanol–water partition coefficient (Wildman–Crippen LogP) is 3.44. The SMILES string of the molecule is COc1ccccc1Cc1nc2cc(F)c(F)cc2[nH]1. The Kier molecular flexibility index (Phi) is 3.10. The minimum Gasteiger partial charge on any atom is -0.496 e. The third-order valence-electron chi connectivity index (χ3n) is 3.12. The van der Waals surface area contributed by atoms with Gasteiger partial charge in [-0.3, -0.25) is 0 Å². The smallest absolute Gasteiger partial charge is 0.161 e. The van der Waals surface area contributed by atoms with Crippen LogP contribution >= 0.6 is 0 Å². The number of aromatic amines is 1. The molecule has 3 aromatic rings. The van der Waals surface area contributed by atoms with E-state index in [4.69, 9.17) is 4.74 Å². The number of aromatic nitrogens is 2. The van der Waals surface area contributed by atoms with Gasteiger partial charge in [-0.15, -0.1) is 0 Å². The molecule has 1 N–H and O–H groups in total. The Bertz CT molecular complexity index is 729. The van der Waals surface area contributed by atoms with Crippen molar-refractivity contribution in [2.75, 3.05) is 7.11 Å². The maximum atomic E-state index is 13.2. The highest BCUT2D eigenvalue weighted by Gasteiger charge is 2.10. The number of methoxy groups -OCH3 is 1. The van der Waals surface area contributed by atoms with Gasteiger partial charge in [-0.1, -0.05) is 18.2 Å². The van der Waals surface area contributed by atoms with Gasteiger partial charge in [-0.25, -0.2) is 13.8 Å². The van der Waals surface area contributed by atoms with Crippen LogP contribution < -0.4 is 4.74 Å². The maximum Gasteiger partial charge on any atom is 0.161 e. The summed E-state index contributed by atoms with van der Waals surface area (Å²) in [5.41, 5.74) is 1.84. The number of ether oxygens (including phenoxy) is 1. The lowest BCUT2D eigenvalue weighted by molar-refractivity contribution is 0.410. The van der Waals surface area contributed by atoms with Crippen molar-refractivity contribution in [3.63, 3.8) is 0 Å². The van der Waals surface area contributed by atoms with Crippen LogP contribution in [0.15, 0.2) is 36.4 Å². The van der Waals surface area contributed by atoms with Gasteiger partial charge in [0.2, 0.25) is 0 Å². The van der Waals surface area contributed by atoms with Gasteiger partial charge in [0.05, 0.1) is 18.1 Å². The lowest BCUT2D eigenvalue weighted by Crippen LogP contribution is -1.94. The Balaban J connectivity index is 1.99. The second kappa shape index (κ2) is 4.92. The fraction of sp³-hybridized carbons (Fsp3) is 0.133. The number of benzene rings is 2. The highest BCUT2D eigenvalue weighted by molar-refractivity contribution is 5.75. The number of rotatable bonds is 3. The average Bonchev–Trinajstić information content (AvgIpc) is 2.81. The number of hydrogen-bond acceptors (Lipinski definition) is 2. The third-order valence-corrected chi connectivity index (χ3v) is 3.12. The van der Waals surface area contributed by atoms with Gasteiger partial charge in [0.1, 0.15) is 11.6 Å². The topological polar surface area (TPSA) is 37.9 Å². The summed E-state index contributed by atoms with van der Waals surface area (Å²) in [5, 5.41) is 0. The van der Waals surface area contributed by atoms with Crippen LogP contribution in [0.4, 0.5) is 8.78 Å². The molecule has 0 aliphatic carbocycles. The first kappa shape index (κ1) is 12.6. The summed E-state index contributed by atoms with van der Waals surface area (Å²) >= 11 is 0. The minimum absolute atomic E-state index is 0.411. The summed E-state index contributed by atoms with van der Waals surface area (Å²) in [4.78, 5) is 7.26. The van der Waals surface area contributed by atoms with Gasteiger partial charge in [-0.2, -0.15) is 0 Å². The lowest BCUT2D eigenvalue weighted by atomic mass is 10.1. The van der Waals surface area contributed by atoms with Crippen LogP contribution in [0.1, 0.15) is 11.4 Å². The van der Waals surface area contributed by atoms with Gasteiger partial charge in [0.15, 0.2) is 11.6 Å². The largest absolute Gasteiger partial charge is 0.496 e. The van der Waals surface area contributed by atoms with Crippen molar-refractivity contribution >= 4 is 11.0 Å². The molecule has 5 heteroatoms. The number of fused-ring (bicyclic) bond motifs is 1. The van der Waals surface area contributed by atoms with E-state index in [0.29, 0.717) is 23.3 Å². The Hall–Kier alpha value is -2.43. The molecule has 0 spiro atoms. The van der Waals surface area contributed by atoms with Crippen molar-refractivity contribution in [3.8, 4) is 5.75 Å². The summed E-state index contributed by atoms with van der Waals surface area (Å²) in [7, 11) is 1.60. The minimum atomic E-state index is -0.896. The van der Waals surface area contributed by atoms with Crippen molar-refractivity contribution in [1.29, 1.82) is 0 Å². The molecular weight excluding hydrogens is 262 g/mol. The third kappa shape index (κ3) is 2.22. The predicted molar refractivity (Wildman–Crippen MR) is 71.8 cm³/mol. The fourth-order valence-electron chi connectivity index (χ4n) is 2.17. The summed E-state index contributed by atoms with van der Waals surface area (Å²) in [6.07, 6.45) is 0.502. The van der Waals surface area contributed by atoms with Gasteiger partial charge < -0.3 is 9.72 Å². The molecule has 0 aliphatic heterocycles. The molecule has 0 saturated heterocycles. The van der Waals surface area contributed by atoms with Gasteiger partial charge >= 0.3 is 0 Å². The van der Waals surface area contributed by atoms with E-state index in [1.54, 1.807) is 7.11 Å². The quantitative estimate of drug-likeness (QED) is 0.794. The first-order chi connectivity index (χ1) is 9.67. The average molecular weight is 274 g/mol. The monoisotopic (exact) mass is 274 g/mol. The first-order valence-electron chi connectivity index (χ1n) is 6.13. The maximum absolute atomic E-state index is 13.2. The Labute approximate surface area is 114 Å². The standard InChI is InChI=1S/C15H12F2N2O/c1-20-14-5-3-2-4-9(14)6-15-18-12-7-10(16)11(17)8-13(12)19-15/h2-5,7-8H,6H2,1H3,(H,18,19). The molecule has 20 heavy (non-hydrogen) atoms. The van der Waals surface area contributed by atoms with Crippen LogP contribution in [0.3, 0.4) is 0 Å². The molecule has 3 rings (SSSR count). The molecule has 0 unspecified atom stereocenters. The molecule has 102 valence electrons. The van der Waals surface area contributed by atoms with Crippen molar-refractivity contribution in [2.24, 2.45) is 0 Å². The molecule has 0 atom stereocenters. The number of para-hydroxylation sites is 1. The zero-order valence-electron chi connectivity index (χ0n) is 10.8. The van der Waals surface area contributed by atoms with Crippen molar-refractivity contribution in [2.45, 2.75) is 6.42 Å². The van der Waals surface area contributed by atoms with E-state index in [9.17, 15) is 8.78 Å². The van der Waals surface area contributed by atoms with E-state index >= 15 is 0 Å². The van der Waals surface area contributed by atoms with Crippen LogP contribution in [-0.2, 0) is 6.42 Å². The Morgan fingerprint density at radius 3 is 2.70 bits per heavy atom. The first-order valence-corrected chi connectivity index (χ1v) is 6.13. The van der Waals surface area contributed by atoms with Crippen LogP contribution in [0.25, 0.3) is 11.0 Å². The highest BCUT2D eigenvalue weighted by Crippen LogP contribution is 2.22. The van der Waals surface area contributed by atoms with E-state index < -0.39 is 11.6 Å². The molecule has 0 radical (unpaired) electrons. The normalized spacial score (nSPS) is 10.9. The molecular formula is C15H12F2N2O. The van der Waals surface area contributed by atoms with E-state index in [-0.39, 0.29) is 0 Å². The summed E-state index contributed by atoms with van der Waals surface area (Å²) in [5.74, 6) is -0.391. The molecule has 0 aliphatic rings. The molecule has 0 amide bonds. The molecule has 1 heterocycles. The molecule has 0 saturated carbocycles. The number of nitrogens with one attached hydrogen (secondary N) is 1. The van der Waals surface area contributed by atoms with Gasteiger partial charge in [-0.05, 0) is 6.07 Å². The number of imidazole rings is 1. The Morgan fingerprint density at radius 2 is 1.90 bits per heavy atom. The lowest BCUT2D eigenvalue weighted by Gasteiger charge is -2.05. The van der Waals surface area contributed by atoms with Gasteiger partial charge in [0.25, 0.3) is 0 Å². The van der Waals surface area contributed by atoms with E-state index in [2.05, 4.69) is 9.97 Å². The number of nitrogens with zero attached hydrogens (tertiary/aromatic N) is 1. The molecule has 3 nitrogen and oxygen atoms in total. The molecule has 1 aromatic heterocycles. The van der Waals surface area contributed by atoms with E-state index in [1.165, 1.54) is 0 Å². The van der Waals surface area contributed by atoms with Crippen LogP contribution in [0.5, 0.6) is 5.75 Å². The van der Waals surface area contributed by atoms with E-state index in [1.807, 2.05) is 24.3 Å². The summed E-state index contributed by atoms with van der Waals surface area (Å²) in [6, 6.07) is 9.77. The molecule has 2 aromatic carbocycles. The second-order valence-electron chi connectivity index (χ2n) is 4.46. The second-order valence-corrected chi connectivity index (χ2v) is 4.46. The van der Waals surface area contributed by atoms with Crippen molar-refractivity contribution < 1.29 is 13.5 Å². The number of H-pyrrole nitrogens is 1. The highest BCUT2D eigenvalue weighted by atomic mass is 19.2. The fourth-order valence-corrected chi connectivity index (χ4v) is 2.17. The van der Waals surface area contributed by atoms with Crippen LogP contribution in [0, 0.1) is 11.6 Å². The number of hydrogen-bond donors (Lipinski definition) is 1. The Morgan fingerprint density at radius 1 is 1.15 bits per heavy atom. The van der Waals surface area contributed by atoms with Crippen molar-refractivity contribution in [3.05, 3.63) is 59.4 Å². The summed E-state index contributed by atoms with van der Waals surface area (Å²) in [6.45, 7) is 0. The summed E-state index contributed by atoms with van der Waals surface area (Å²) < 4.78 is 31.6. The van der Waals surface area contributed by atoms with Crippen molar-refractivity contribution in [1.82, 2.24) is 9.97 Å². The molecule has 0 fully saturated rings. The van der Waals surface area contributed by atoms with Crippen LogP contribution in [0.2, 0.25) is 0 Å². The zero-order chi connectivity index (χ0) is 14.1. The van der Waals surface area contributed by atoms with E-state index in [0.717, 1.165) is 23.4 Å². The van der Waals surface area contributed by atoms with Crippen LogP contribution in [-0.4, -0.2) is 17.1 Å². The zero-order valence-corrected chi connectivity index (χ0v) is 10.8. The molecule has 0 bridgehead atoms. The number of halogens is 2.